The molecule has 1 aromatic heterocycles. The number of halogens is 2. The molecule has 2 rings (SSSR count). The van der Waals surface area contributed by atoms with Crippen molar-refractivity contribution in [1.29, 1.82) is 0 Å². The van der Waals surface area contributed by atoms with E-state index in [4.69, 9.17) is 4.52 Å². The van der Waals surface area contributed by atoms with E-state index in [1.807, 2.05) is 6.92 Å². The lowest BCUT2D eigenvalue weighted by Crippen LogP contribution is -2.30. The fourth-order valence-electron chi connectivity index (χ4n) is 1.70. The summed E-state index contributed by atoms with van der Waals surface area (Å²) in [5.74, 6) is -2.05. The van der Waals surface area contributed by atoms with Crippen LogP contribution in [0.4, 0.5) is 14.5 Å². The van der Waals surface area contributed by atoms with E-state index in [1.165, 1.54) is 13.0 Å². The van der Waals surface area contributed by atoms with Gasteiger partial charge < -0.3 is 9.84 Å². The third kappa shape index (κ3) is 4.19. The maximum Gasteiger partial charge on any atom is 0.240 e. The molecule has 6 nitrogen and oxygen atoms in total. The molecule has 1 N–H and O–H groups in total. The summed E-state index contributed by atoms with van der Waals surface area (Å²) in [5.41, 5.74) is -0.563. The van der Waals surface area contributed by atoms with Crippen molar-refractivity contribution < 1.29 is 22.3 Å². The highest BCUT2D eigenvalue weighted by molar-refractivity contribution is 7.85. The molecule has 0 bridgehead atoms. The van der Waals surface area contributed by atoms with Gasteiger partial charge in [0.15, 0.2) is 5.82 Å². The van der Waals surface area contributed by atoms with E-state index in [-0.39, 0.29) is 11.6 Å². The number of hydrogen-bond donors (Lipinski definition) is 1. The normalized spacial score (nSPS) is 13.6. The van der Waals surface area contributed by atoms with Gasteiger partial charge in [-0.15, -0.1) is 0 Å². The highest BCUT2D eigenvalue weighted by Crippen LogP contribution is 2.19. The third-order valence-corrected chi connectivity index (χ3v) is 4.60. The van der Waals surface area contributed by atoms with Gasteiger partial charge in [-0.2, -0.15) is 4.98 Å². The molecule has 0 saturated carbocycles. The summed E-state index contributed by atoms with van der Waals surface area (Å²) in [7, 11) is -1.67. The van der Waals surface area contributed by atoms with Crippen molar-refractivity contribution >= 4 is 22.4 Å². The maximum atomic E-state index is 13.5. The Bertz CT molecular complexity index is 716. The zero-order chi connectivity index (χ0) is 17.0. The summed E-state index contributed by atoms with van der Waals surface area (Å²) < 4.78 is 44.1. The minimum absolute atomic E-state index is 0.110. The lowest BCUT2D eigenvalue weighted by Gasteiger charge is -2.12. The molecular formula is C14H15F2N3O3S. The van der Waals surface area contributed by atoms with Gasteiger partial charge in [-0.1, -0.05) is 18.1 Å². The minimum atomic E-state index is -1.67. The van der Waals surface area contributed by atoms with Crippen LogP contribution in [-0.2, 0) is 27.8 Å². The number of aryl methyl sites for hydroxylation is 1. The molecule has 23 heavy (non-hydrogen) atoms. The van der Waals surface area contributed by atoms with Crippen LogP contribution in [0.3, 0.4) is 0 Å². The second-order valence-electron chi connectivity index (χ2n) is 4.71. The fraction of sp³-hybridized carbons (Fsp3) is 0.357. The van der Waals surface area contributed by atoms with Crippen LogP contribution < -0.4 is 5.32 Å². The molecule has 1 heterocycles. The summed E-state index contributed by atoms with van der Waals surface area (Å²) in [6, 6.07) is 3.22. The Hall–Kier alpha value is -2.16. The molecular weight excluding hydrogens is 328 g/mol. The molecule has 0 radical (unpaired) electrons. The molecule has 1 aromatic carbocycles. The van der Waals surface area contributed by atoms with Crippen LogP contribution in [0.5, 0.6) is 0 Å². The summed E-state index contributed by atoms with van der Waals surface area (Å²) in [5, 5.41) is 4.77. The largest absolute Gasteiger partial charge is 0.338 e. The Labute approximate surface area is 133 Å². The van der Waals surface area contributed by atoms with Crippen molar-refractivity contribution in [3.8, 4) is 0 Å². The average Bonchev–Trinajstić information content (AvgIpc) is 2.97. The van der Waals surface area contributed by atoms with E-state index in [0.717, 1.165) is 12.1 Å². The van der Waals surface area contributed by atoms with Gasteiger partial charge in [0.25, 0.3) is 0 Å². The van der Waals surface area contributed by atoms with E-state index >= 15 is 0 Å². The first kappa shape index (κ1) is 17.2. The molecule has 2 atom stereocenters. The second-order valence-corrected chi connectivity index (χ2v) is 6.47. The number of carbonyl (C=O) groups is 1. The Balaban J connectivity index is 2.02. The number of nitrogens with one attached hydrogen (secondary N) is 1. The molecule has 9 heteroatoms. The topological polar surface area (TPSA) is 85.1 Å². The first-order valence-electron chi connectivity index (χ1n) is 6.85. The summed E-state index contributed by atoms with van der Waals surface area (Å²) >= 11 is 0. The van der Waals surface area contributed by atoms with Gasteiger partial charge in [-0.25, -0.2) is 8.78 Å². The van der Waals surface area contributed by atoms with Crippen LogP contribution >= 0.6 is 0 Å². The number of benzene rings is 1. The monoisotopic (exact) mass is 343 g/mol. The number of rotatable bonds is 6. The van der Waals surface area contributed by atoms with Crippen LogP contribution in [0, 0.1) is 11.6 Å². The van der Waals surface area contributed by atoms with Gasteiger partial charge in [0, 0.05) is 17.2 Å². The number of aromatic nitrogens is 2. The van der Waals surface area contributed by atoms with Gasteiger partial charge >= 0.3 is 0 Å². The highest BCUT2D eigenvalue weighted by atomic mass is 32.2. The number of amides is 1. The molecule has 0 aliphatic carbocycles. The summed E-state index contributed by atoms with van der Waals surface area (Å²) in [4.78, 5) is 16.0. The number of anilines is 1. The predicted octanol–water partition coefficient (Wildman–Crippen LogP) is 2.19. The molecule has 0 aliphatic rings. The highest BCUT2D eigenvalue weighted by Gasteiger charge is 2.24. The SMILES string of the molecule is CCc1noc(C[S@@](=O)[C@H](C)C(=O)Nc2c(F)cccc2F)n1. The molecule has 0 spiro atoms. The quantitative estimate of drug-likeness (QED) is 0.869. The molecule has 0 saturated heterocycles. The lowest BCUT2D eigenvalue weighted by atomic mass is 10.3. The Morgan fingerprint density at radius 1 is 1.39 bits per heavy atom. The van der Waals surface area contributed by atoms with E-state index in [1.54, 1.807) is 0 Å². The Kier molecular flexibility index (Phi) is 5.54. The van der Waals surface area contributed by atoms with Crippen molar-refractivity contribution in [3.05, 3.63) is 41.5 Å². The van der Waals surface area contributed by atoms with Crippen LogP contribution in [0.2, 0.25) is 0 Å². The lowest BCUT2D eigenvalue weighted by molar-refractivity contribution is -0.115. The molecule has 0 unspecified atom stereocenters. The zero-order valence-corrected chi connectivity index (χ0v) is 13.3. The van der Waals surface area contributed by atoms with Gasteiger partial charge in [0.05, 0.1) is 0 Å². The number of nitrogens with zero attached hydrogens (tertiary/aromatic N) is 2. The van der Waals surface area contributed by atoms with E-state index < -0.39 is 39.3 Å². The molecule has 1 amide bonds. The molecule has 0 fully saturated rings. The Morgan fingerprint density at radius 3 is 2.61 bits per heavy atom. The van der Waals surface area contributed by atoms with Crippen LogP contribution in [0.15, 0.2) is 22.7 Å². The Morgan fingerprint density at radius 2 is 2.04 bits per heavy atom. The van der Waals surface area contributed by atoms with Gasteiger partial charge in [-0.3, -0.25) is 9.00 Å². The first-order valence-corrected chi connectivity index (χ1v) is 8.24. The van der Waals surface area contributed by atoms with Gasteiger partial charge in [0.1, 0.15) is 28.3 Å². The first-order chi connectivity index (χ1) is 10.9. The second kappa shape index (κ2) is 7.40. The van der Waals surface area contributed by atoms with Crippen LogP contribution in [0.25, 0.3) is 0 Å². The van der Waals surface area contributed by atoms with Crippen LogP contribution in [0.1, 0.15) is 25.6 Å². The van der Waals surface area contributed by atoms with Crippen molar-refractivity contribution in [2.24, 2.45) is 0 Å². The zero-order valence-electron chi connectivity index (χ0n) is 12.5. The van der Waals surface area contributed by atoms with Gasteiger partial charge in [-0.05, 0) is 19.1 Å². The molecule has 0 aliphatic heterocycles. The maximum absolute atomic E-state index is 13.5. The average molecular weight is 343 g/mol. The third-order valence-electron chi connectivity index (χ3n) is 3.07. The van der Waals surface area contributed by atoms with Crippen molar-refractivity contribution in [2.45, 2.75) is 31.3 Å². The van der Waals surface area contributed by atoms with E-state index in [0.29, 0.717) is 12.2 Å². The standard InChI is InChI=1S/C14H15F2N3O3S/c1-3-11-17-12(22-19-11)7-23(21)8(2)14(20)18-13-9(15)5-4-6-10(13)16/h4-6,8H,3,7H2,1-2H3,(H,18,20)/t8-,23-/m1/s1. The molecule has 124 valence electrons. The number of carbonyl (C=O) groups excluding carboxylic acids is 1. The van der Waals surface area contributed by atoms with Crippen LogP contribution in [-0.4, -0.2) is 25.5 Å². The minimum Gasteiger partial charge on any atom is -0.338 e. The fourth-order valence-corrected chi connectivity index (χ4v) is 2.61. The van der Waals surface area contributed by atoms with Crippen molar-refractivity contribution in [3.63, 3.8) is 0 Å². The smallest absolute Gasteiger partial charge is 0.240 e. The summed E-state index contributed by atoms with van der Waals surface area (Å²) in [6.07, 6.45) is 0.568. The van der Waals surface area contributed by atoms with E-state index in [2.05, 4.69) is 15.5 Å². The summed E-state index contributed by atoms with van der Waals surface area (Å²) in [6.45, 7) is 3.23. The van der Waals surface area contributed by atoms with Gasteiger partial charge in [0.2, 0.25) is 11.8 Å². The number of hydrogen-bond acceptors (Lipinski definition) is 5. The van der Waals surface area contributed by atoms with Crippen molar-refractivity contribution in [2.75, 3.05) is 5.32 Å². The molecule has 2 aromatic rings. The predicted molar refractivity (Wildman–Crippen MR) is 80.0 cm³/mol. The van der Waals surface area contributed by atoms with Crippen molar-refractivity contribution in [1.82, 2.24) is 10.1 Å². The van der Waals surface area contributed by atoms with E-state index in [9.17, 15) is 17.8 Å². The number of para-hydroxylation sites is 1.